The Bertz CT molecular complexity index is 1360. The fourth-order valence-electron chi connectivity index (χ4n) is 5.21. The average molecular weight is 493 g/mol. The highest BCUT2D eigenvalue weighted by Gasteiger charge is 2.37. The predicted molar refractivity (Wildman–Crippen MR) is 149 cm³/mol. The van der Waals surface area contributed by atoms with Gasteiger partial charge in [-0.3, -0.25) is 5.01 Å². The maximum absolute atomic E-state index is 5.32. The monoisotopic (exact) mass is 492 g/mol. The SMILES string of the molecule is COc1ccc(CN2CCC3NN(C)c4nc(NCCc5ccc(-c6ccccc6)cc5)nc2c43)cc1. The molecule has 2 N–H and O–H groups in total. The van der Waals surface area contributed by atoms with E-state index in [-0.39, 0.29) is 6.04 Å². The molecule has 0 bridgehead atoms. The fourth-order valence-corrected chi connectivity index (χ4v) is 5.21. The highest BCUT2D eigenvalue weighted by Crippen LogP contribution is 2.43. The Morgan fingerprint density at radius 2 is 1.59 bits per heavy atom. The lowest BCUT2D eigenvalue weighted by molar-refractivity contribution is 0.414. The number of methoxy groups -OCH3 is 1. The van der Waals surface area contributed by atoms with Crippen LogP contribution in [0, 0.1) is 0 Å². The second-order valence-electron chi connectivity index (χ2n) is 9.65. The van der Waals surface area contributed by atoms with Crippen LogP contribution in [0.1, 0.15) is 29.2 Å². The zero-order valence-corrected chi connectivity index (χ0v) is 21.3. The van der Waals surface area contributed by atoms with Crippen molar-refractivity contribution in [2.45, 2.75) is 25.4 Å². The van der Waals surface area contributed by atoms with E-state index in [9.17, 15) is 0 Å². The first-order chi connectivity index (χ1) is 18.2. The quantitative estimate of drug-likeness (QED) is 0.350. The summed E-state index contributed by atoms with van der Waals surface area (Å²) in [5, 5.41) is 5.52. The standard InChI is InChI=1S/C30H32N6O/c1-35-28-27-26(34-35)17-19-36(20-22-10-14-25(37-2)15-11-22)29(27)33-30(32-28)31-18-16-21-8-12-24(13-9-21)23-6-4-3-5-7-23/h3-15,26,34H,16-20H2,1-2H3,(H,31,32,33). The van der Waals surface area contributed by atoms with Crippen molar-refractivity contribution in [3.63, 3.8) is 0 Å². The molecule has 3 heterocycles. The summed E-state index contributed by atoms with van der Waals surface area (Å²) in [7, 11) is 3.73. The molecule has 37 heavy (non-hydrogen) atoms. The number of benzene rings is 3. The molecule has 0 spiro atoms. The van der Waals surface area contributed by atoms with Crippen molar-refractivity contribution in [3.05, 3.63) is 95.6 Å². The summed E-state index contributed by atoms with van der Waals surface area (Å²) < 4.78 is 5.32. The van der Waals surface area contributed by atoms with Crippen molar-refractivity contribution in [1.82, 2.24) is 15.4 Å². The van der Waals surface area contributed by atoms with Gasteiger partial charge in [0.2, 0.25) is 5.95 Å². The summed E-state index contributed by atoms with van der Waals surface area (Å²) in [5.41, 5.74) is 9.74. The maximum atomic E-state index is 5.32. The van der Waals surface area contributed by atoms with E-state index in [1.165, 1.54) is 27.8 Å². The van der Waals surface area contributed by atoms with Gasteiger partial charge in [-0.15, -0.1) is 0 Å². The molecule has 0 amide bonds. The Hall–Kier alpha value is -4.10. The van der Waals surface area contributed by atoms with Crippen LogP contribution >= 0.6 is 0 Å². The van der Waals surface area contributed by atoms with Crippen molar-refractivity contribution in [3.8, 4) is 16.9 Å². The van der Waals surface area contributed by atoms with Crippen LogP contribution in [0.15, 0.2) is 78.9 Å². The van der Waals surface area contributed by atoms with Crippen LogP contribution in [0.4, 0.5) is 17.6 Å². The number of hydrazine groups is 1. The summed E-state index contributed by atoms with van der Waals surface area (Å²) in [4.78, 5) is 12.3. The Labute approximate surface area is 218 Å². The van der Waals surface area contributed by atoms with Crippen molar-refractivity contribution in [2.24, 2.45) is 0 Å². The molecular formula is C30H32N6O. The van der Waals surface area contributed by atoms with Crippen molar-refractivity contribution < 1.29 is 4.74 Å². The van der Waals surface area contributed by atoms with E-state index in [0.717, 1.165) is 49.9 Å². The second-order valence-corrected chi connectivity index (χ2v) is 9.65. The normalized spacial score (nSPS) is 16.0. The molecular weight excluding hydrogens is 460 g/mol. The zero-order valence-electron chi connectivity index (χ0n) is 21.3. The van der Waals surface area contributed by atoms with E-state index in [1.54, 1.807) is 7.11 Å². The van der Waals surface area contributed by atoms with Gasteiger partial charge in [-0.05, 0) is 47.2 Å². The molecule has 4 aromatic rings. The molecule has 0 saturated heterocycles. The molecule has 3 aromatic carbocycles. The third-order valence-electron chi connectivity index (χ3n) is 7.20. The minimum absolute atomic E-state index is 0.263. The number of ether oxygens (including phenoxy) is 1. The van der Waals surface area contributed by atoms with Gasteiger partial charge in [0.05, 0.1) is 18.7 Å². The van der Waals surface area contributed by atoms with Gasteiger partial charge in [-0.2, -0.15) is 9.97 Å². The summed E-state index contributed by atoms with van der Waals surface area (Å²) in [6, 6.07) is 27.8. The average Bonchev–Trinajstić information content (AvgIpc) is 3.27. The maximum Gasteiger partial charge on any atom is 0.226 e. The number of rotatable bonds is 8. The molecule has 0 saturated carbocycles. The predicted octanol–water partition coefficient (Wildman–Crippen LogP) is 5.21. The van der Waals surface area contributed by atoms with Crippen LogP contribution in [0.3, 0.4) is 0 Å². The molecule has 0 fully saturated rings. The van der Waals surface area contributed by atoms with Crippen molar-refractivity contribution in [2.75, 3.05) is 42.5 Å². The van der Waals surface area contributed by atoms with E-state index < -0.39 is 0 Å². The van der Waals surface area contributed by atoms with Crippen molar-refractivity contribution in [1.29, 1.82) is 0 Å². The van der Waals surface area contributed by atoms with Gasteiger partial charge >= 0.3 is 0 Å². The number of nitrogens with zero attached hydrogens (tertiary/aromatic N) is 4. The third-order valence-corrected chi connectivity index (χ3v) is 7.20. The van der Waals surface area contributed by atoms with E-state index in [1.807, 2.05) is 30.3 Å². The number of anilines is 3. The minimum atomic E-state index is 0.263. The molecule has 2 aliphatic heterocycles. The van der Waals surface area contributed by atoms with Crippen LogP contribution in [-0.2, 0) is 13.0 Å². The molecule has 1 aromatic heterocycles. The highest BCUT2D eigenvalue weighted by molar-refractivity contribution is 5.68. The van der Waals surface area contributed by atoms with Crippen LogP contribution in [0.2, 0.25) is 0 Å². The lowest BCUT2D eigenvalue weighted by Crippen LogP contribution is -2.36. The summed E-state index contributed by atoms with van der Waals surface area (Å²) in [5.74, 6) is 3.52. The largest absolute Gasteiger partial charge is 0.497 e. The van der Waals surface area contributed by atoms with Crippen LogP contribution < -0.4 is 25.4 Å². The Morgan fingerprint density at radius 1 is 0.892 bits per heavy atom. The Morgan fingerprint density at radius 3 is 2.35 bits per heavy atom. The minimum Gasteiger partial charge on any atom is -0.497 e. The first-order valence-corrected chi connectivity index (χ1v) is 12.9. The van der Waals surface area contributed by atoms with Crippen LogP contribution in [0.5, 0.6) is 5.75 Å². The second kappa shape index (κ2) is 10.1. The number of hydrogen-bond donors (Lipinski definition) is 2. The molecule has 7 nitrogen and oxygen atoms in total. The van der Waals surface area contributed by atoms with Gasteiger partial charge in [-0.1, -0.05) is 66.7 Å². The van der Waals surface area contributed by atoms with E-state index in [2.05, 4.69) is 76.3 Å². The Balaban J connectivity index is 1.17. The summed E-state index contributed by atoms with van der Waals surface area (Å²) in [6.45, 7) is 2.51. The highest BCUT2D eigenvalue weighted by atomic mass is 16.5. The molecule has 7 heteroatoms. The lowest BCUT2D eigenvalue weighted by atomic mass is 10.0. The Kier molecular flexibility index (Phi) is 6.37. The van der Waals surface area contributed by atoms with E-state index >= 15 is 0 Å². The van der Waals surface area contributed by atoms with Gasteiger partial charge in [0, 0.05) is 26.7 Å². The zero-order chi connectivity index (χ0) is 25.2. The van der Waals surface area contributed by atoms with Gasteiger partial charge < -0.3 is 15.0 Å². The summed E-state index contributed by atoms with van der Waals surface area (Å²) >= 11 is 0. The van der Waals surface area contributed by atoms with Gasteiger partial charge in [0.25, 0.3) is 0 Å². The van der Waals surface area contributed by atoms with E-state index in [4.69, 9.17) is 14.7 Å². The fraction of sp³-hybridized carbons (Fsp3) is 0.267. The molecule has 0 aliphatic carbocycles. The molecule has 2 aliphatic rings. The molecule has 188 valence electrons. The third kappa shape index (κ3) is 4.82. The van der Waals surface area contributed by atoms with Gasteiger partial charge in [0.15, 0.2) is 5.82 Å². The summed E-state index contributed by atoms with van der Waals surface area (Å²) in [6.07, 6.45) is 1.92. The van der Waals surface area contributed by atoms with Gasteiger partial charge in [0.1, 0.15) is 11.6 Å². The number of hydrogen-bond acceptors (Lipinski definition) is 7. The molecule has 6 rings (SSSR count). The lowest BCUT2D eigenvalue weighted by Gasteiger charge is -2.32. The molecule has 1 atom stereocenters. The van der Waals surface area contributed by atoms with E-state index in [0.29, 0.717) is 5.95 Å². The van der Waals surface area contributed by atoms with Crippen molar-refractivity contribution >= 4 is 17.6 Å². The molecule has 0 radical (unpaired) electrons. The topological polar surface area (TPSA) is 65.6 Å². The number of aromatic nitrogens is 2. The smallest absolute Gasteiger partial charge is 0.226 e. The van der Waals surface area contributed by atoms with Gasteiger partial charge in [-0.25, -0.2) is 5.43 Å². The first kappa shape index (κ1) is 23.3. The first-order valence-electron chi connectivity index (χ1n) is 12.9. The van der Waals surface area contributed by atoms with Crippen LogP contribution in [-0.4, -0.2) is 37.2 Å². The number of nitrogens with one attached hydrogen (secondary N) is 2. The molecule has 1 unspecified atom stereocenters. The van der Waals surface area contributed by atoms with Crippen LogP contribution in [0.25, 0.3) is 11.1 Å².